The summed E-state index contributed by atoms with van der Waals surface area (Å²) in [7, 11) is 1.47. The van der Waals surface area contributed by atoms with Crippen LogP contribution in [0.2, 0.25) is 10.0 Å². The molecule has 0 heterocycles. The molecule has 3 aromatic rings. The largest absolute Gasteiger partial charge is 0.497 e. The molecular weight excluding hydrogens is 504 g/mol. The molecule has 0 unspecified atom stereocenters. The summed E-state index contributed by atoms with van der Waals surface area (Å²) in [5.41, 5.74) is -0.357. The standard InChI is InChI=1S/C25H17Cl2F3N2O3/c1-34-21-8-6-15(23(12-21)35-14-16-5-7-19(26)11-22(16)27)9-17(13-31)24(33)32-20-4-2-3-18(10-20)25(28,29)30/h2-12H,14H2,1H3,(H,32,33)/b17-9+. The van der Waals surface area contributed by atoms with Gasteiger partial charge < -0.3 is 14.8 Å². The van der Waals surface area contributed by atoms with Gasteiger partial charge in [-0.3, -0.25) is 4.79 Å². The van der Waals surface area contributed by atoms with Crippen molar-refractivity contribution in [2.75, 3.05) is 12.4 Å². The van der Waals surface area contributed by atoms with Crippen LogP contribution >= 0.6 is 23.2 Å². The van der Waals surface area contributed by atoms with Crippen LogP contribution < -0.4 is 14.8 Å². The summed E-state index contributed by atoms with van der Waals surface area (Å²) in [6, 6.07) is 15.5. The van der Waals surface area contributed by atoms with E-state index in [9.17, 15) is 23.2 Å². The Labute approximate surface area is 209 Å². The van der Waals surface area contributed by atoms with Gasteiger partial charge in [-0.25, -0.2) is 0 Å². The first-order valence-electron chi connectivity index (χ1n) is 9.96. The Morgan fingerprint density at radius 3 is 2.54 bits per heavy atom. The van der Waals surface area contributed by atoms with Gasteiger partial charge in [0, 0.05) is 32.9 Å². The number of methoxy groups -OCH3 is 1. The third-order valence-electron chi connectivity index (χ3n) is 4.73. The van der Waals surface area contributed by atoms with Crippen molar-refractivity contribution in [2.45, 2.75) is 12.8 Å². The molecule has 0 aliphatic carbocycles. The van der Waals surface area contributed by atoms with E-state index in [-0.39, 0.29) is 23.6 Å². The fourth-order valence-corrected chi connectivity index (χ4v) is 3.42. The molecule has 0 atom stereocenters. The molecule has 0 saturated heterocycles. The van der Waals surface area contributed by atoms with Crippen molar-refractivity contribution >= 4 is 40.9 Å². The molecule has 3 rings (SSSR count). The Morgan fingerprint density at radius 2 is 1.89 bits per heavy atom. The Bertz CT molecular complexity index is 1320. The fraction of sp³-hybridized carbons (Fsp3) is 0.120. The number of nitrogens with one attached hydrogen (secondary N) is 1. The summed E-state index contributed by atoms with van der Waals surface area (Å²) in [6.45, 7) is 0.0579. The highest BCUT2D eigenvalue weighted by molar-refractivity contribution is 6.35. The third kappa shape index (κ3) is 6.92. The molecule has 0 aliphatic rings. The number of nitrogens with zero attached hydrogens (tertiary/aromatic N) is 1. The van der Waals surface area contributed by atoms with Gasteiger partial charge >= 0.3 is 6.18 Å². The first-order chi connectivity index (χ1) is 16.6. The van der Waals surface area contributed by atoms with E-state index in [1.165, 1.54) is 19.3 Å². The molecule has 0 radical (unpaired) electrons. The van der Waals surface area contributed by atoms with Crippen LogP contribution in [0.5, 0.6) is 11.5 Å². The lowest BCUT2D eigenvalue weighted by atomic mass is 10.1. The SMILES string of the molecule is COc1ccc(/C=C(\C#N)C(=O)Nc2cccc(C(F)(F)F)c2)c(OCc2ccc(Cl)cc2Cl)c1. The van der Waals surface area contributed by atoms with Gasteiger partial charge in [0.2, 0.25) is 0 Å². The van der Waals surface area contributed by atoms with Crippen LogP contribution in [0.15, 0.2) is 66.2 Å². The molecule has 5 nitrogen and oxygen atoms in total. The van der Waals surface area contributed by atoms with Crippen LogP contribution in [-0.4, -0.2) is 13.0 Å². The van der Waals surface area contributed by atoms with E-state index in [4.69, 9.17) is 32.7 Å². The highest BCUT2D eigenvalue weighted by Crippen LogP contribution is 2.32. The number of carbonyl (C=O) groups is 1. The number of benzene rings is 3. The maximum atomic E-state index is 12.9. The number of hydrogen-bond acceptors (Lipinski definition) is 4. The molecule has 180 valence electrons. The van der Waals surface area contributed by atoms with Gasteiger partial charge in [0.15, 0.2) is 0 Å². The van der Waals surface area contributed by atoms with Crippen LogP contribution in [0.3, 0.4) is 0 Å². The zero-order valence-corrected chi connectivity index (χ0v) is 19.6. The predicted octanol–water partition coefficient (Wildman–Crippen LogP) is 7.15. The summed E-state index contributed by atoms with van der Waals surface area (Å²) in [4.78, 5) is 12.6. The number of alkyl halides is 3. The lowest BCUT2D eigenvalue weighted by Gasteiger charge is -2.13. The van der Waals surface area contributed by atoms with E-state index in [2.05, 4.69) is 5.32 Å². The molecule has 35 heavy (non-hydrogen) atoms. The van der Waals surface area contributed by atoms with E-state index in [1.54, 1.807) is 42.5 Å². The third-order valence-corrected chi connectivity index (χ3v) is 5.32. The molecular formula is C25H17Cl2F3N2O3. The Balaban J connectivity index is 1.87. The molecule has 1 N–H and O–H groups in total. The van der Waals surface area contributed by atoms with E-state index >= 15 is 0 Å². The lowest BCUT2D eigenvalue weighted by Crippen LogP contribution is -2.14. The second kappa shape index (κ2) is 11.2. The maximum Gasteiger partial charge on any atom is 0.416 e. The Kier molecular flexibility index (Phi) is 8.28. The van der Waals surface area contributed by atoms with Crippen molar-refractivity contribution in [1.82, 2.24) is 0 Å². The van der Waals surface area contributed by atoms with Gasteiger partial charge in [-0.2, -0.15) is 18.4 Å². The quantitative estimate of drug-likeness (QED) is 0.265. The van der Waals surface area contributed by atoms with Gasteiger partial charge in [-0.1, -0.05) is 35.3 Å². The molecule has 0 bridgehead atoms. The Morgan fingerprint density at radius 1 is 1.11 bits per heavy atom. The number of rotatable bonds is 7. The van der Waals surface area contributed by atoms with Crippen molar-refractivity contribution in [1.29, 1.82) is 5.26 Å². The zero-order valence-electron chi connectivity index (χ0n) is 18.1. The summed E-state index contributed by atoms with van der Waals surface area (Å²) < 4.78 is 49.9. The lowest BCUT2D eigenvalue weighted by molar-refractivity contribution is -0.137. The van der Waals surface area contributed by atoms with Gasteiger partial charge in [-0.15, -0.1) is 0 Å². The van der Waals surface area contributed by atoms with Crippen molar-refractivity contribution in [2.24, 2.45) is 0 Å². The number of amides is 1. The van der Waals surface area contributed by atoms with Gasteiger partial charge in [0.25, 0.3) is 5.91 Å². The first kappa shape index (κ1) is 25.9. The van der Waals surface area contributed by atoms with Crippen LogP contribution in [0.25, 0.3) is 6.08 Å². The van der Waals surface area contributed by atoms with Crippen LogP contribution in [0.4, 0.5) is 18.9 Å². The van der Waals surface area contributed by atoms with Crippen molar-refractivity contribution in [3.05, 3.63) is 93.0 Å². The highest BCUT2D eigenvalue weighted by Gasteiger charge is 2.30. The Hall–Kier alpha value is -3.67. The van der Waals surface area contributed by atoms with Crippen molar-refractivity contribution in [3.63, 3.8) is 0 Å². The molecule has 0 fully saturated rings. The molecule has 0 saturated carbocycles. The van der Waals surface area contributed by atoms with Gasteiger partial charge in [0.05, 0.1) is 12.7 Å². The van der Waals surface area contributed by atoms with Crippen LogP contribution in [0.1, 0.15) is 16.7 Å². The molecule has 0 spiro atoms. The molecule has 0 aromatic heterocycles. The van der Waals surface area contributed by atoms with E-state index in [1.807, 2.05) is 0 Å². The van der Waals surface area contributed by atoms with Crippen molar-refractivity contribution < 1.29 is 27.4 Å². The summed E-state index contributed by atoms with van der Waals surface area (Å²) >= 11 is 12.1. The smallest absolute Gasteiger partial charge is 0.416 e. The molecule has 1 amide bonds. The highest BCUT2D eigenvalue weighted by atomic mass is 35.5. The van der Waals surface area contributed by atoms with E-state index in [0.29, 0.717) is 26.9 Å². The minimum Gasteiger partial charge on any atom is -0.497 e. The predicted molar refractivity (Wildman–Crippen MR) is 127 cm³/mol. The second-order valence-corrected chi connectivity index (χ2v) is 7.97. The van der Waals surface area contributed by atoms with Gasteiger partial charge in [0.1, 0.15) is 29.7 Å². The summed E-state index contributed by atoms with van der Waals surface area (Å²) in [6.07, 6.45) is -3.31. The average molecular weight is 521 g/mol. The fourth-order valence-electron chi connectivity index (χ4n) is 2.96. The van der Waals surface area contributed by atoms with Crippen LogP contribution in [0, 0.1) is 11.3 Å². The number of carbonyl (C=O) groups excluding carboxylic acids is 1. The minimum atomic E-state index is -4.57. The number of halogens is 5. The van der Waals surface area contributed by atoms with Gasteiger partial charge in [-0.05, 0) is 48.5 Å². The summed E-state index contributed by atoms with van der Waals surface area (Å²) in [5, 5.41) is 12.7. The molecule has 10 heteroatoms. The van der Waals surface area contributed by atoms with Crippen molar-refractivity contribution in [3.8, 4) is 17.6 Å². The van der Waals surface area contributed by atoms with Crippen LogP contribution in [-0.2, 0) is 17.6 Å². The normalized spacial score (nSPS) is 11.5. The summed E-state index contributed by atoms with van der Waals surface area (Å²) in [5.74, 6) is -0.129. The number of hydrogen-bond donors (Lipinski definition) is 1. The number of anilines is 1. The topological polar surface area (TPSA) is 71.3 Å². The first-order valence-corrected chi connectivity index (χ1v) is 10.7. The molecule has 3 aromatic carbocycles. The van der Waals surface area contributed by atoms with E-state index < -0.39 is 17.6 Å². The second-order valence-electron chi connectivity index (χ2n) is 7.13. The zero-order chi connectivity index (χ0) is 25.6. The van der Waals surface area contributed by atoms with E-state index in [0.717, 1.165) is 18.2 Å². The average Bonchev–Trinajstić information content (AvgIpc) is 2.82. The monoisotopic (exact) mass is 520 g/mol. The molecule has 0 aliphatic heterocycles. The minimum absolute atomic E-state index is 0.0579. The number of ether oxygens (including phenoxy) is 2. The maximum absolute atomic E-state index is 12.9. The number of nitriles is 1.